The third-order valence-corrected chi connectivity index (χ3v) is 15.0. The summed E-state index contributed by atoms with van der Waals surface area (Å²) in [6.45, 7) is 24.4. The molecule has 0 spiro atoms. The quantitative estimate of drug-likeness (QED) is 0.0388. The minimum atomic E-state index is -1.90. The molecule has 4 N–H and O–H groups in total. The summed E-state index contributed by atoms with van der Waals surface area (Å²) < 4.78 is 7.87. The van der Waals surface area contributed by atoms with Gasteiger partial charge in [0.2, 0.25) is 11.8 Å². The molecule has 0 radical (unpaired) electrons. The molecule has 0 aliphatic heterocycles. The highest BCUT2D eigenvalue weighted by molar-refractivity contribution is 6.84. The number of hydrogen-bond acceptors (Lipinski definition) is 5. The highest BCUT2D eigenvalue weighted by Crippen LogP contribution is 2.23. The highest BCUT2D eigenvalue weighted by Gasteiger charge is 2.32. The van der Waals surface area contributed by atoms with Gasteiger partial charge in [0.1, 0.15) is 0 Å². The zero-order valence-electron chi connectivity index (χ0n) is 31.0. The molecule has 0 atom stereocenters. The highest BCUT2D eigenvalue weighted by atomic mass is 79.9. The Kier molecular flexibility index (Phi) is 31.8. The van der Waals surface area contributed by atoms with Crippen LogP contribution in [0.1, 0.15) is 54.4 Å². The standard InChI is InChI=1S/C32H64N6O5Si2.2CH4.2BrH/c1-27(2)31(41)35-17-13-21-37(5,6)25-29(39)33-19-15-23-44(9,10)43-45(11,12)24-16-20-34-30(40)26-38(7,8)22-14-18-36-32(42)28(3)4;;;;/h1,3,13-26H2,2,4-12H3,(H2-2,33,34,35,36,39,40,41,42);2*1H4;2*1H. The second-order valence-electron chi connectivity index (χ2n) is 14.9. The van der Waals surface area contributed by atoms with Gasteiger partial charge in [0.25, 0.3) is 11.8 Å². The Hall–Kier alpha value is -1.37. The molecule has 11 nitrogen and oxygen atoms in total. The van der Waals surface area contributed by atoms with E-state index in [-0.39, 0.29) is 72.4 Å². The first-order valence-corrected chi connectivity index (χ1v) is 22.5. The van der Waals surface area contributed by atoms with Crippen molar-refractivity contribution in [1.82, 2.24) is 21.3 Å². The molecule has 0 aliphatic carbocycles. The van der Waals surface area contributed by atoms with Crippen LogP contribution in [0.4, 0.5) is 0 Å². The first-order valence-electron chi connectivity index (χ1n) is 16.3. The van der Waals surface area contributed by atoms with Crippen LogP contribution in [-0.2, 0) is 23.3 Å². The Bertz CT molecular complexity index is 949. The van der Waals surface area contributed by atoms with Crippen molar-refractivity contribution in [3.63, 3.8) is 0 Å². The van der Waals surface area contributed by atoms with Crippen LogP contribution in [0.5, 0.6) is 0 Å². The molecule has 0 aromatic carbocycles. The van der Waals surface area contributed by atoms with E-state index in [0.717, 1.165) is 50.9 Å². The van der Waals surface area contributed by atoms with E-state index < -0.39 is 16.6 Å². The molecule has 0 aliphatic rings. The maximum atomic E-state index is 12.5. The Labute approximate surface area is 323 Å². The summed E-state index contributed by atoms with van der Waals surface area (Å²) in [5, 5.41) is 11.8. The molecule has 0 saturated carbocycles. The van der Waals surface area contributed by atoms with Crippen molar-refractivity contribution in [2.24, 2.45) is 0 Å². The van der Waals surface area contributed by atoms with E-state index in [0.29, 0.717) is 59.4 Å². The number of halogens is 2. The SMILES string of the molecule is C.C.C=C(C)C(=O)NCCC[N+](C)(C)CC(=O)NCCC[Si](C)(C)O[Si](C)(C)CCCNC(=O)C[N+](C)(C)CCCNC(=O)C(=C)C.[Br-].[Br-]. The van der Waals surface area contributed by atoms with E-state index in [4.69, 9.17) is 4.12 Å². The van der Waals surface area contributed by atoms with Gasteiger partial charge in [0.15, 0.2) is 29.7 Å². The summed E-state index contributed by atoms with van der Waals surface area (Å²) in [6, 6.07) is 1.95. The number of carbonyl (C=O) groups excluding carboxylic acids is 4. The average molecular weight is 863 g/mol. The molecule has 15 heteroatoms. The third-order valence-electron chi connectivity index (χ3n) is 7.48. The zero-order chi connectivity index (χ0) is 34.9. The van der Waals surface area contributed by atoms with E-state index in [1.165, 1.54) is 0 Å². The Balaban J connectivity index is -0.00000161. The fourth-order valence-corrected chi connectivity index (χ4v) is 14.0. The van der Waals surface area contributed by atoms with Gasteiger partial charge in [0.05, 0.1) is 41.3 Å². The van der Waals surface area contributed by atoms with Crippen molar-refractivity contribution in [2.75, 3.05) is 80.5 Å². The molecule has 0 aromatic rings. The topological polar surface area (TPSA) is 126 Å². The maximum absolute atomic E-state index is 12.5. The number of nitrogens with zero attached hydrogens (tertiary/aromatic N) is 2. The lowest BCUT2D eigenvalue weighted by molar-refractivity contribution is -0.882. The molecule has 4 amide bonds. The number of likely N-dealkylation sites (N-methyl/N-ethyl adjacent to an activating group) is 2. The molecule has 0 heterocycles. The summed E-state index contributed by atoms with van der Waals surface area (Å²) in [5.41, 5.74) is 0.997. The van der Waals surface area contributed by atoms with Crippen LogP contribution < -0.4 is 55.2 Å². The first kappa shape index (κ1) is 57.0. The van der Waals surface area contributed by atoms with Gasteiger partial charge in [-0.05, 0) is 65.0 Å². The number of nitrogens with one attached hydrogen (secondary N) is 4. The Morgan fingerprint density at radius 2 is 0.857 bits per heavy atom. The van der Waals surface area contributed by atoms with Gasteiger partial charge >= 0.3 is 0 Å². The average Bonchev–Trinajstić information content (AvgIpc) is 2.88. The van der Waals surface area contributed by atoms with Crippen molar-refractivity contribution in [1.29, 1.82) is 0 Å². The first-order chi connectivity index (χ1) is 20.6. The largest absolute Gasteiger partial charge is 1.00 e. The molecule has 0 aromatic heterocycles. The normalized spacial score (nSPS) is 11.3. The minimum Gasteiger partial charge on any atom is -1.00 e. The second-order valence-corrected chi connectivity index (χ2v) is 23.8. The number of rotatable bonds is 24. The summed E-state index contributed by atoms with van der Waals surface area (Å²) in [5.74, 6) is -0.181. The van der Waals surface area contributed by atoms with E-state index >= 15 is 0 Å². The fraction of sp³-hybridized carbons (Fsp3) is 0.765. The van der Waals surface area contributed by atoms with Gasteiger partial charge in [0, 0.05) is 50.2 Å². The number of quaternary nitrogens is 2. The lowest BCUT2D eigenvalue weighted by Gasteiger charge is -2.34. The van der Waals surface area contributed by atoms with Crippen LogP contribution in [0, 0.1) is 0 Å². The Morgan fingerprint density at radius 3 is 1.14 bits per heavy atom. The van der Waals surface area contributed by atoms with Crippen LogP contribution in [0.2, 0.25) is 38.3 Å². The van der Waals surface area contributed by atoms with E-state index in [2.05, 4.69) is 60.6 Å². The van der Waals surface area contributed by atoms with Gasteiger partial charge in [-0.1, -0.05) is 28.0 Å². The van der Waals surface area contributed by atoms with Crippen molar-refractivity contribution in [3.8, 4) is 0 Å². The number of carbonyl (C=O) groups is 4. The summed E-state index contributed by atoms with van der Waals surface area (Å²) in [7, 11) is 4.32. The summed E-state index contributed by atoms with van der Waals surface area (Å²) >= 11 is 0. The molecule has 0 fully saturated rings. The van der Waals surface area contributed by atoms with Crippen molar-refractivity contribution in [2.45, 2.75) is 92.7 Å². The van der Waals surface area contributed by atoms with Crippen LogP contribution in [0.3, 0.4) is 0 Å². The van der Waals surface area contributed by atoms with Crippen molar-refractivity contribution >= 4 is 40.3 Å². The number of hydrogen-bond donors (Lipinski definition) is 4. The lowest BCUT2D eigenvalue weighted by atomic mass is 10.3. The minimum absolute atomic E-state index is 0. The zero-order valence-corrected chi connectivity index (χ0v) is 36.2. The van der Waals surface area contributed by atoms with E-state index in [9.17, 15) is 19.2 Å². The summed E-state index contributed by atoms with van der Waals surface area (Å²) in [4.78, 5) is 48.3. The van der Waals surface area contributed by atoms with Crippen LogP contribution in [0.15, 0.2) is 24.3 Å². The lowest BCUT2D eigenvalue weighted by Crippen LogP contribution is -3.00. The van der Waals surface area contributed by atoms with Gasteiger partial charge in [-0.3, -0.25) is 19.2 Å². The predicted octanol–water partition coefficient (Wildman–Crippen LogP) is -1.98. The van der Waals surface area contributed by atoms with E-state index in [1.807, 2.05) is 28.2 Å². The van der Waals surface area contributed by atoms with Crippen LogP contribution in [0.25, 0.3) is 0 Å². The van der Waals surface area contributed by atoms with Gasteiger partial charge < -0.3 is 68.3 Å². The Morgan fingerprint density at radius 1 is 0.571 bits per heavy atom. The molecule has 0 unspecified atom stereocenters. The molecule has 0 bridgehead atoms. The van der Waals surface area contributed by atoms with Crippen LogP contribution >= 0.6 is 0 Å². The van der Waals surface area contributed by atoms with Crippen molar-refractivity contribution in [3.05, 3.63) is 24.3 Å². The van der Waals surface area contributed by atoms with Crippen molar-refractivity contribution < 1.29 is 66.2 Å². The van der Waals surface area contributed by atoms with Gasteiger partial charge in [-0.2, -0.15) is 0 Å². The predicted molar refractivity (Wildman–Crippen MR) is 203 cm³/mol. The molecule has 292 valence electrons. The third kappa shape index (κ3) is 31.1. The van der Waals surface area contributed by atoms with Crippen LogP contribution in [-0.4, -0.2) is 130 Å². The molecule has 0 rings (SSSR count). The number of amides is 4. The monoisotopic (exact) mass is 860 g/mol. The molecule has 49 heavy (non-hydrogen) atoms. The van der Waals surface area contributed by atoms with Gasteiger partial charge in [-0.25, -0.2) is 0 Å². The second kappa shape index (κ2) is 27.3. The maximum Gasteiger partial charge on any atom is 0.275 e. The molecular formula is C34H74Br2N6O5Si2. The summed E-state index contributed by atoms with van der Waals surface area (Å²) in [6.07, 6.45) is 3.36. The fourth-order valence-electron chi connectivity index (χ4n) is 5.10. The van der Waals surface area contributed by atoms with Gasteiger partial charge in [-0.15, -0.1) is 0 Å². The molecule has 0 saturated heterocycles. The molecular weight excluding hydrogens is 788 g/mol. The smallest absolute Gasteiger partial charge is 0.275 e. The van der Waals surface area contributed by atoms with E-state index in [1.54, 1.807) is 13.8 Å².